The van der Waals surface area contributed by atoms with Gasteiger partial charge >= 0.3 is 0 Å². The average Bonchev–Trinajstić information content (AvgIpc) is 2.81. The monoisotopic (exact) mass is 300 g/mol. The SMILES string of the molecule is C=Cc1nc(C2=CC(=O)C(C(C)(C)C)CC2)cn1C(C)(C)C. The standard InChI is InChI=1S/C19H28N2O/c1-8-17-20-15(12-21(17)19(5,6)7)13-9-10-14(16(22)11-13)18(2,3)4/h8,11-12,14H,1,9-10H2,2-7H3. The van der Waals surface area contributed by atoms with Crippen molar-refractivity contribution in [3.05, 3.63) is 30.4 Å². The maximum atomic E-state index is 12.5. The van der Waals surface area contributed by atoms with Crippen LogP contribution in [0.15, 0.2) is 18.9 Å². The molecular formula is C19H28N2O. The summed E-state index contributed by atoms with van der Waals surface area (Å²) in [5.41, 5.74) is 1.93. The smallest absolute Gasteiger partial charge is 0.159 e. The van der Waals surface area contributed by atoms with Gasteiger partial charge in [-0.25, -0.2) is 4.98 Å². The van der Waals surface area contributed by atoms with Crippen molar-refractivity contribution in [1.82, 2.24) is 9.55 Å². The summed E-state index contributed by atoms with van der Waals surface area (Å²) in [6, 6.07) is 0. The number of nitrogens with zero attached hydrogens (tertiary/aromatic N) is 2. The first kappa shape index (κ1) is 16.7. The van der Waals surface area contributed by atoms with Crippen molar-refractivity contribution >= 4 is 17.4 Å². The van der Waals surface area contributed by atoms with Crippen molar-refractivity contribution < 1.29 is 4.79 Å². The maximum absolute atomic E-state index is 12.5. The molecule has 0 bridgehead atoms. The van der Waals surface area contributed by atoms with E-state index in [2.05, 4.69) is 57.7 Å². The number of imidazole rings is 1. The lowest BCUT2D eigenvalue weighted by Crippen LogP contribution is -2.29. The van der Waals surface area contributed by atoms with Crippen molar-refractivity contribution in [3.63, 3.8) is 0 Å². The van der Waals surface area contributed by atoms with Gasteiger partial charge in [0.1, 0.15) is 5.82 Å². The Kier molecular flexibility index (Phi) is 4.20. The zero-order valence-corrected chi connectivity index (χ0v) is 14.7. The third-order valence-corrected chi connectivity index (χ3v) is 4.38. The first-order valence-electron chi connectivity index (χ1n) is 8.01. The van der Waals surface area contributed by atoms with Gasteiger partial charge in [0.15, 0.2) is 5.78 Å². The minimum atomic E-state index is -0.0536. The van der Waals surface area contributed by atoms with E-state index in [1.54, 1.807) is 6.08 Å². The van der Waals surface area contributed by atoms with E-state index in [0.29, 0.717) is 0 Å². The fourth-order valence-corrected chi connectivity index (χ4v) is 3.08. The van der Waals surface area contributed by atoms with E-state index in [4.69, 9.17) is 0 Å². The quantitative estimate of drug-likeness (QED) is 0.794. The summed E-state index contributed by atoms with van der Waals surface area (Å²) in [4.78, 5) is 17.1. The molecule has 1 aromatic rings. The van der Waals surface area contributed by atoms with Crippen LogP contribution in [0, 0.1) is 11.3 Å². The predicted molar refractivity (Wildman–Crippen MR) is 92.5 cm³/mol. The van der Waals surface area contributed by atoms with Gasteiger partial charge in [-0.05, 0) is 56.8 Å². The number of carbonyl (C=O) groups excluding carboxylic acids is 1. The van der Waals surface area contributed by atoms with Crippen molar-refractivity contribution in [3.8, 4) is 0 Å². The van der Waals surface area contributed by atoms with Crippen molar-refractivity contribution in [1.29, 1.82) is 0 Å². The van der Waals surface area contributed by atoms with E-state index >= 15 is 0 Å². The van der Waals surface area contributed by atoms with Gasteiger partial charge in [0.25, 0.3) is 0 Å². The largest absolute Gasteiger partial charge is 0.326 e. The number of ketones is 1. The minimum Gasteiger partial charge on any atom is -0.326 e. The van der Waals surface area contributed by atoms with Gasteiger partial charge in [-0.2, -0.15) is 0 Å². The van der Waals surface area contributed by atoms with E-state index in [-0.39, 0.29) is 22.7 Å². The van der Waals surface area contributed by atoms with Crippen molar-refractivity contribution in [2.75, 3.05) is 0 Å². The van der Waals surface area contributed by atoms with Gasteiger partial charge in [0, 0.05) is 17.7 Å². The van der Waals surface area contributed by atoms with Gasteiger partial charge in [0.2, 0.25) is 0 Å². The fourth-order valence-electron chi connectivity index (χ4n) is 3.08. The van der Waals surface area contributed by atoms with Crippen LogP contribution in [0.3, 0.4) is 0 Å². The number of rotatable bonds is 2. The summed E-state index contributed by atoms with van der Waals surface area (Å²) in [5.74, 6) is 1.20. The Balaban J connectivity index is 2.37. The summed E-state index contributed by atoms with van der Waals surface area (Å²) >= 11 is 0. The molecular weight excluding hydrogens is 272 g/mol. The molecule has 3 nitrogen and oxygen atoms in total. The van der Waals surface area contributed by atoms with Gasteiger partial charge in [0.05, 0.1) is 5.69 Å². The first-order valence-corrected chi connectivity index (χ1v) is 8.01. The lowest BCUT2D eigenvalue weighted by Gasteiger charge is -2.31. The molecule has 120 valence electrons. The second-order valence-electron chi connectivity index (χ2n) is 8.26. The van der Waals surface area contributed by atoms with Crippen LogP contribution in [-0.2, 0) is 10.3 Å². The first-order chi connectivity index (χ1) is 10.0. The summed E-state index contributed by atoms with van der Waals surface area (Å²) in [7, 11) is 0. The summed E-state index contributed by atoms with van der Waals surface area (Å²) < 4.78 is 2.12. The van der Waals surface area contributed by atoms with Crippen LogP contribution in [0.2, 0.25) is 0 Å². The molecule has 0 amide bonds. The Morgan fingerprint density at radius 3 is 2.32 bits per heavy atom. The predicted octanol–water partition coefficient (Wildman–Crippen LogP) is 4.69. The molecule has 22 heavy (non-hydrogen) atoms. The topological polar surface area (TPSA) is 34.9 Å². The third kappa shape index (κ3) is 3.23. The number of hydrogen-bond donors (Lipinski definition) is 0. The fraction of sp³-hybridized carbons (Fsp3) is 0.579. The normalized spacial score (nSPS) is 20.0. The highest BCUT2D eigenvalue weighted by molar-refractivity contribution is 6.00. The van der Waals surface area contributed by atoms with Crippen LogP contribution >= 0.6 is 0 Å². The Bertz CT molecular complexity index is 621. The molecule has 1 unspecified atom stereocenters. The molecule has 1 heterocycles. The van der Waals surface area contributed by atoms with Gasteiger partial charge in [-0.1, -0.05) is 27.4 Å². The average molecular weight is 300 g/mol. The van der Waals surface area contributed by atoms with Crippen LogP contribution in [0.4, 0.5) is 0 Å². The Labute approximate surface area is 134 Å². The van der Waals surface area contributed by atoms with Gasteiger partial charge < -0.3 is 4.57 Å². The van der Waals surface area contributed by atoms with E-state index in [0.717, 1.165) is 29.9 Å². The number of aromatic nitrogens is 2. The second kappa shape index (κ2) is 5.53. The molecule has 3 heteroatoms. The van der Waals surface area contributed by atoms with Crippen LogP contribution in [0.1, 0.15) is 65.9 Å². The lowest BCUT2D eigenvalue weighted by molar-refractivity contribution is -0.121. The van der Waals surface area contributed by atoms with E-state index in [9.17, 15) is 4.79 Å². The molecule has 2 rings (SSSR count). The molecule has 0 saturated carbocycles. The maximum Gasteiger partial charge on any atom is 0.159 e. The molecule has 0 spiro atoms. The van der Waals surface area contributed by atoms with E-state index < -0.39 is 0 Å². The Hall–Kier alpha value is -1.64. The van der Waals surface area contributed by atoms with Crippen LogP contribution in [-0.4, -0.2) is 15.3 Å². The van der Waals surface area contributed by atoms with Gasteiger partial charge in [-0.3, -0.25) is 4.79 Å². The highest BCUT2D eigenvalue weighted by Gasteiger charge is 2.33. The molecule has 0 N–H and O–H groups in total. The van der Waals surface area contributed by atoms with Gasteiger partial charge in [-0.15, -0.1) is 0 Å². The summed E-state index contributed by atoms with van der Waals surface area (Å²) in [5, 5.41) is 0. The van der Waals surface area contributed by atoms with Crippen molar-refractivity contribution in [2.24, 2.45) is 11.3 Å². The van der Waals surface area contributed by atoms with Crippen LogP contribution in [0.25, 0.3) is 11.6 Å². The molecule has 1 aromatic heterocycles. The zero-order chi connectivity index (χ0) is 16.7. The lowest BCUT2D eigenvalue weighted by atomic mass is 9.72. The summed E-state index contributed by atoms with van der Waals surface area (Å²) in [6.07, 6.45) is 7.44. The van der Waals surface area contributed by atoms with E-state index in [1.807, 2.05) is 12.3 Å². The Morgan fingerprint density at radius 2 is 1.91 bits per heavy atom. The van der Waals surface area contributed by atoms with E-state index in [1.165, 1.54) is 0 Å². The minimum absolute atomic E-state index is 0.0240. The summed E-state index contributed by atoms with van der Waals surface area (Å²) in [6.45, 7) is 16.7. The molecule has 0 saturated heterocycles. The molecule has 0 fully saturated rings. The molecule has 1 atom stereocenters. The molecule has 0 aromatic carbocycles. The second-order valence-corrected chi connectivity index (χ2v) is 8.26. The Morgan fingerprint density at radius 1 is 1.27 bits per heavy atom. The molecule has 1 aliphatic rings. The van der Waals surface area contributed by atoms with Crippen LogP contribution in [0.5, 0.6) is 0 Å². The number of hydrogen-bond acceptors (Lipinski definition) is 2. The van der Waals surface area contributed by atoms with Crippen LogP contribution < -0.4 is 0 Å². The number of allylic oxidation sites excluding steroid dienone is 2. The zero-order valence-electron chi connectivity index (χ0n) is 14.7. The molecule has 0 radical (unpaired) electrons. The highest BCUT2D eigenvalue weighted by atomic mass is 16.1. The molecule has 1 aliphatic carbocycles. The van der Waals surface area contributed by atoms with Crippen molar-refractivity contribution in [2.45, 2.75) is 59.9 Å². The highest BCUT2D eigenvalue weighted by Crippen LogP contribution is 2.37. The molecule has 0 aliphatic heterocycles. The third-order valence-electron chi connectivity index (χ3n) is 4.38. The number of carbonyl (C=O) groups is 1.